The summed E-state index contributed by atoms with van der Waals surface area (Å²) in [6.07, 6.45) is 0.604. The Labute approximate surface area is 197 Å². The SMILES string of the molecule is CN(CC1OCCc2ccccc21)C(=O)CC1(c2ccccc2)C(=O)Oc2ccc(Cl)cc21. The summed E-state index contributed by atoms with van der Waals surface area (Å²) in [6, 6.07) is 22.5. The Morgan fingerprint density at radius 2 is 1.85 bits per heavy atom. The van der Waals surface area contributed by atoms with E-state index in [1.54, 1.807) is 30.1 Å². The van der Waals surface area contributed by atoms with Crippen LogP contribution < -0.4 is 4.74 Å². The van der Waals surface area contributed by atoms with Crippen LogP contribution in [0.2, 0.25) is 5.02 Å². The summed E-state index contributed by atoms with van der Waals surface area (Å²) < 4.78 is 11.6. The number of ether oxygens (including phenoxy) is 2. The van der Waals surface area contributed by atoms with Crippen molar-refractivity contribution in [2.45, 2.75) is 24.4 Å². The minimum Gasteiger partial charge on any atom is -0.425 e. The van der Waals surface area contributed by atoms with Gasteiger partial charge >= 0.3 is 5.97 Å². The first-order valence-corrected chi connectivity index (χ1v) is 11.4. The average Bonchev–Trinajstić information content (AvgIpc) is 3.11. The summed E-state index contributed by atoms with van der Waals surface area (Å²) in [5.41, 5.74) is 2.43. The van der Waals surface area contributed by atoms with Crippen LogP contribution in [0.15, 0.2) is 72.8 Å². The van der Waals surface area contributed by atoms with Gasteiger partial charge in [-0.1, -0.05) is 66.2 Å². The van der Waals surface area contributed by atoms with Crippen molar-refractivity contribution in [3.63, 3.8) is 0 Å². The Kier molecular flexibility index (Phi) is 5.69. The van der Waals surface area contributed by atoms with Crippen LogP contribution in [-0.4, -0.2) is 37.0 Å². The van der Waals surface area contributed by atoms with E-state index >= 15 is 0 Å². The lowest BCUT2D eigenvalue weighted by atomic mass is 9.72. The lowest BCUT2D eigenvalue weighted by Crippen LogP contribution is -2.42. The number of rotatable bonds is 5. The molecule has 2 aliphatic rings. The van der Waals surface area contributed by atoms with Gasteiger partial charge < -0.3 is 14.4 Å². The number of amides is 1. The predicted molar refractivity (Wildman–Crippen MR) is 125 cm³/mol. The number of carbonyl (C=O) groups is 2. The van der Waals surface area contributed by atoms with Crippen LogP contribution in [0, 0.1) is 0 Å². The highest BCUT2D eigenvalue weighted by Gasteiger charge is 2.52. The summed E-state index contributed by atoms with van der Waals surface area (Å²) in [5, 5.41) is 0.486. The first kappa shape index (κ1) is 21.7. The van der Waals surface area contributed by atoms with Crippen molar-refractivity contribution in [2.24, 2.45) is 0 Å². The second-order valence-electron chi connectivity index (χ2n) is 8.56. The molecule has 0 fully saturated rings. The molecule has 5 rings (SSSR count). The van der Waals surface area contributed by atoms with E-state index in [1.807, 2.05) is 42.5 Å². The third-order valence-corrected chi connectivity index (χ3v) is 6.83. The van der Waals surface area contributed by atoms with Crippen molar-refractivity contribution >= 4 is 23.5 Å². The highest BCUT2D eigenvalue weighted by Crippen LogP contribution is 2.48. The molecule has 0 saturated carbocycles. The van der Waals surface area contributed by atoms with Crippen molar-refractivity contribution in [1.82, 2.24) is 4.90 Å². The average molecular weight is 462 g/mol. The Hall–Kier alpha value is -3.15. The predicted octanol–water partition coefficient (Wildman–Crippen LogP) is 4.71. The molecule has 6 heteroatoms. The quantitative estimate of drug-likeness (QED) is 0.408. The van der Waals surface area contributed by atoms with E-state index in [9.17, 15) is 9.59 Å². The fourth-order valence-corrected chi connectivity index (χ4v) is 5.00. The summed E-state index contributed by atoms with van der Waals surface area (Å²) >= 11 is 6.28. The number of fused-ring (bicyclic) bond motifs is 2. The van der Waals surface area contributed by atoms with E-state index in [2.05, 4.69) is 12.1 Å². The van der Waals surface area contributed by atoms with Crippen LogP contribution in [0.25, 0.3) is 0 Å². The molecule has 0 aromatic heterocycles. The molecule has 0 saturated heterocycles. The maximum absolute atomic E-state index is 13.5. The van der Waals surface area contributed by atoms with Crippen molar-refractivity contribution in [1.29, 1.82) is 0 Å². The number of halogens is 1. The zero-order chi connectivity index (χ0) is 23.0. The molecule has 0 aliphatic carbocycles. The number of carbonyl (C=O) groups excluding carboxylic acids is 2. The van der Waals surface area contributed by atoms with E-state index < -0.39 is 11.4 Å². The molecule has 0 radical (unpaired) electrons. The van der Waals surface area contributed by atoms with E-state index in [-0.39, 0.29) is 18.4 Å². The van der Waals surface area contributed by atoms with Crippen LogP contribution in [0.1, 0.15) is 34.8 Å². The summed E-state index contributed by atoms with van der Waals surface area (Å²) in [5.74, 6) is -0.199. The fraction of sp³-hybridized carbons (Fsp3) is 0.259. The molecule has 0 bridgehead atoms. The normalized spacial score (nSPS) is 21.2. The van der Waals surface area contributed by atoms with Crippen LogP contribution in [0.5, 0.6) is 5.75 Å². The number of nitrogens with zero attached hydrogens (tertiary/aromatic N) is 1. The van der Waals surface area contributed by atoms with Crippen LogP contribution in [0.4, 0.5) is 0 Å². The molecule has 2 aliphatic heterocycles. The van der Waals surface area contributed by atoms with E-state index in [0.717, 1.165) is 12.0 Å². The van der Waals surface area contributed by atoms with Gasteiger partial charge in [0.15, 0.2) is 0 Å². The topological polar surface area (TPSA) is 55.8 Å². The molecular formula is C27H24ClNO4. The van der Waals surface area contributed by atoms with Gasteiger partial charge in [0.1, 0.15) is 17.3 Å². The molecule has 2 atom stereocenters. The lowest BCUT2D eigenvalue weighted by Gasteiger charge is -2.32. The van der Waals surface area contributed by atoms with Gasteiger partial charge in [0.05, 0.1) is 19.6 Å². The van der Waals surface area contributed by atoms with Crippen LogP contribution in [-0.2, 0) is 26.2 Å². The molecule has 168 valence electrons. The van der Waals surface area contributed by atoms with Gasteiger partial charge in [0.2, 0.25) is 5.91 Å². The van der Waals surface area contributed by atoms with E-state index in [1.165, 1.54) is 5.56 Å². The molecule has 5 nitrogen and oxygen atoms in total. The lowest BCUT2D eigenvalue weighted by molar-refractivity contribution is -0.142. The van der Waals surface area contributed by atoms with Gasteiger partial charge in [0.25, 0.3) is 0 Å². The molecule has 2 unspecified atom stereocenters. The molecule has 0 N–H and O–H groups in total. The highest BCUT2D eigenvalue weighted by molar-refractivity contribution is 6.30. The van der Waals surface area contributed by atoms with Gasteiger partial charge in [-0.15, -0.1) is 0 Å². The van der Waals surface area contributed by atoms with Gasteiger partial charge in [-0.25, -0.2) is 0 Å². The molecule has 3 aromatic rings. The van der Waals surface area contributed by atoms with Gasteiger partial charge in [0, 0.05) is 17.6 Å². The Bertz CT molecular complexity index is 1210. The third-order valence-electron chi connectivity index (χ3n) is 6.59. The van der Waals surface area contributed by atoms with Gasteiger partial charge in [-0.05, 0) is 41.3 Å². The molecular weight excluding hydrogens is 438 g/mol. The number of esters is 1. The first-order valence-electron chi connectivity index (χ1n) is 11.0. The van der Waals surface area contributed by atoms with Gasteiger partial charge in [-0.3, -0.25) is 9.59 Å². The minimum atomic E-state index is -1.25. The number of hydrogen-bond acceptors (Lipinski definition) is 4. The molecule has 2 heterocycles. The van der Waals surface area contributed by atoms with Crippen molar-refractivity contribution < 1.29 is 19.1 Å². The van der Waals surface area contributed by atoms with Gasteiger partial charge in [-0.2, -0.15) is 0 Å². The first-order chi connectivity index (χ1) is 16.0. The Morgan fingerprint density at radius 3 is 2.67 bits per heavy atom. The fourth-order valence-electron chi connectivity index (χ4n) is 4.83. The van der Waals surface area contributed by atoms with Crippen LogP contribution in [0.3, 0.4) is 0 Å². The monoisotopic (exact) mass is 461 g/mol. The summed E-state index contributed by atoms with van der Waals surface area (Å²) in [6.45, 7) is 1.02. The Morgan fingerprint density at radius 1 is 1.09 bits per heavy atom. The van der Waals surface area contributed by atoms with E-state index in [0.29, 0.717) is 35.1 Å². The molecule has 33 heavy (non-hydrogen) atoms. The van der Waals surface area contributed by atoms with Crippen molar-refractivity contribution in [3.05, 3.63) is 100 Å². The smallest absolute Gasteiger partial charge is 0.327 e. The zero-order valence-electron chi connectivity index (χ0n) is 18.3. The second kappa shape index (κ2) is 8.65. The highest BCUT2D eigenvalue weighted by atomic mass is 35.5. The number of likely N-dealkylation sites (N-methyl/N-ethyl adjacent to an activating group) is 1. The second-order valence-corrected chi connectivity index (χ2v) is 9.00. The van der Waals surface area contributed by atoms with Crippen molar-refractivity contribution in [3.8, 4) is 5.75 Å². The maximum Gasteiger partial charge on any atom is 0.327 e. The summed E-state index contributed by atoms with van der Waals surface area (Å²) in [7, 11) is 1.75. The maximum atomic E-state index is 13.5. The molecule has 1 amide bonds. The standard InChI is InChI=1S/C27H24ClNO4/c1-29(17-24-21-10-6-5-7-18(21)13-14-32-24)25(30)16-27(19-8-3-2-4-9-19)22-15-20(28)11-12-23(22)33-26(27)31/h2-12,15,24H,13-14,16-17H2,1H3. The largest absolute Gasteiger partial charge is 0.425 e. The number of hydrogen-bond donors (Lipinski definition) is 0. The van der Waals surface area contributed by atoms with Crippen LogP contribution >= 0.6 is 11.6 Å². The third kappa shape index (κ3) is 3.81. The van der Waals surface area contributed by atoms with Crippen molar-refractivity contribution in [2.75, 3.05) is 20.2 Å². The van der Waals surface area contributed by atoms with E-state index in [4.69, 9.17) is 21.1 Å². The molecule has 3 aromatic carbocycles. The molecule has 0 spiro atoms. The number of benzene rings is 3. The Balaban J connectivity index is 1.46. The zero-order valence-corrected chi connectivity index (χ0v) is 19.0. The summed E-state index contributed by atoms with van der Waals surface area (Å²) in [4.78, 5) is 28.5. The minimum absolute atomic E-state index is 0.0615.